The molecule has 1 aromatic heterocycles. The lowest BCUT2D eigenvalue weighted by atomic mass is 10.1. The van der Waals surface area contributed by atoms with Crippen LogP contribution in [0.3, 0.4) is 0 Å². The van der Waals surface area contributed by atoms with Crippen molar-refractivity contribution in [3.8, 4) is 0 Å². The van der Waals surface area contributed by atoms with Crippen LogP contribution >= 0.6 is 0 Å². The van der Waals surface area contributed by atoms with Gasteiger partial charge in [0.2, 0.25) is 0 Å². The highest BCUT2D eigenvalue weighted by Gasteiger charge is 2.37. The normalized spacial score (nSPS) is 20.0. The van der Waals surface area contributed by atoms with E-state index in [2.05, 4.69) is 4.98 Å². The minimum atomic E-state index is -1.77. The van der Waals surface area contributed by atoms with Crippen molar-refractivity contribution in [3.63, 3.8) is 0 Å². The number of nitrogens with zero attached hydrogens (tertiary/aromatic N) is 1. The minimum absolute atomic E-state index is 0.139. The molecule has 122 valence electrons. The number of hydrogen-bond donors (Lipinski definition) is 0. The Morgan fingerprint density at radius 2 is 1.83 bits per heavy atom. The average molecular weight is 323 g/mol. The van der Waals surface area contributed by atoms with Crippen molar-refractivity contribution in [2.75, 3.05) is 0 Å². The Hall–Kier alpha value is -2.37. The maximum absolute atomic E-state index is 13.7. The van der Waals surface area contributed by atoms with Crippen molar-refractivity contribution < 1.29 is 22.7 Å². The second-order valence-electron chi connectivity index (χ2n) is 5.14. The van der Waals surface area contributed by atoms with Gasteiger partial charge in [-0.1, -0.05) is 29.8 Å². The van der Waals surface area contributed by atoms with Gasteiger partial charge < -0.3 is 4.74 Å². The molecular weight excluding hydrogens is 307 g/mol. The molecule has 1 aliphatic rings. The molecule has 1 heterocycles. The molecule has 0 radical (unpaired) electrons. The van der Waals surface area contributed by atoms with Crippen molar-refractivity contribution in [3.05, 3.63) is 65.5 Å². The fraction of sp³-hybridized carbons (Fsp3) is 0.294. The lowest BCUT2D eigenvalue weighted by molar-refractivity contribution is -0.0164. The third-order valence-corrected chi connectivity index (χ3v) is 3.09. The first-order valence-corrected chi connectivity index (χ1v) is 7.07. The van der Waals surface area contributed by atoms with E-state index in [1.54, 1.807) is 30.3 Å². The highest BCUT2D eigenvalue weighted by molar-refractivity contribution is 5.89. The van der Waals surface area contributed by atoms with Gasteiger partial charge in [-0.15, -0.1) is 0 Å². The first-order valence-electron chi connectivity index (χ1n) is 7.07. The molecule has 0 spiro atoms. The topological polar surface area (TPSA) is 39.2 Å². The van der Waals surface area contributed by atoms with Crippen LogP contribution in [0, 0.1) is 6.92 Å². The number of alkyl halides is 3. The van der Waals surface area contributed by atoms with Gasteiger partial charge in [-0.05, 0) is 19.1 Å². The summed E-state index contributed by atoms with van der Waals surface area (Å²) in [4.78, 5) is 15.4. The number of carbonyl (C=O) groups is 1. The molecule has 3 nitrogen and oxygen atoms in total. The lowest BCUT2D eigenvalue weighted by Gasteiger charge is -2.10. The Bertz CT molecular complexity index is 628. The molecule has 6 heteroatoms. The fourth-order valence-corrected chi connectivity index (χ4v) is 1.57. The maximum Gasteiger partial charge on any atom is 0.342 e. The standard InChI is InChI=1S/C14H12FNO2.C3H4F2/c1-10-4-6-11(7-5-10)13(15)18-14(17)12-3-2-8-16-9-12;4-2-1-3(2)5/h2-9,13H,1H3;2-3H,1H2. The summed E-state index contributed by atoms with van der Waals surface area (Å²) in [5.74, 6) is -0.726. The van der Waals surface area contributed by atoms with E-state index in [9.17, 15) is 18.0 Å². The van der Waals surface area contributed by atoms with E-state index in [1.165, 1.54) is 18.5 Å². The minimum Gasteiger partial charge on any atom is -0.423 e. The number of aromatic nitrogens is 1. The van der Waals surface area contributed by atoms with Crippen LogP contribution in [0.4, 0.5) is 13.2 Å². The number of halogens is 3. The Labute approximate surface area is 132 Å². The molecule has 23 heavy (non-hydrogen) atoms. The Kier molecular flexibility index (Phi) is 5.73. The molecule has 0 bridgehead atoms. The molecule has 0 amide bonds. The number of benzene rings is 1. The summed E-state index contributed by atoms with van der Waals surface area (Å²) < 4.78 is 40.7. The zero-order valence-electron chi connectivity index (χ0n) is 12.5. The van der Waals surface area contributed by atoms with Crippen LogP contribution in [0.25, 0.3) is 0 Å². The number of carbonyl (C=O) groups excluding carboxylic acids is 1. The number of aryl methyl sites for hydroxylation is 1. The smallest absolute Gasteiger partial charge is 0.342 e. The Morgan fingerprint density at radius 3 is 2.30 bits per heavy atom. The summed E-state index contributed by atoms with van der Waals surface area (Å²) in [5.41, 5.74) is 1.56. The number of pyridine rings is 1. The largest absolute Gasteiger partial charge is 0.423 e. The van der Waals surface area contributed by atoms with Gasteiger partial charge >= 0.3 is 5.97 Å². The van der Waals surface area contributed by atoms with E-state index in [-0.39, 0.29) is 12.0 Å². The van der Waals surface area contributed by atoms with Gasteiger partial charge in [-0.3, -0.25) is 4.98 Å². The Balaban J connectivity index is 0.000000326. The second-order valence-corrected chi connectivity index (χ2v) is 5.14. The third-order valence-electron chi connectivity index (χ3n) is 3.09. The van der Waals surface area contributed by atoms with Gasteiger partial charge in [0.25, 0.3) is 6.36 Å². The van der Waals surface area contributed by atoms with Crippen molar-refractivity contribution in [1.29, 1.82) is 0 Å². The highest BCUT2D eigenvalue weighted by Crippen LogP contribution is 2.28. The number of ether oxygens (including phenoxy) is 1. The predicted molar refractivity (Wildman–Crippen MR) is 79.1 cm³/mol. The van der Waals surface area contributed by atoms with E-state index in [0.29, 0.717) is 5.56 Å². The summed E-state index contributed by atoms with van der Waals surface area (Å²) in [5, 5.41) is 0. The molecule has 1 saturated carbocycles. The number of rotatable bonds is 3. The van der Waals surface area contributed by atoms with Crippen LogP contribution in [0.2, 0.25) is 0 Å². The maximum atomic E-state index is 13.7. The molecule has 0 saturated heterocycles. The molecule has 0 aliphatic heterocycles. The van der Waals surface area contributed by atoms with Crippen molar-refractivity contribution in [2.24, 2.45) is 0 Å². The van der Waals surface area contributed by atoms with Crippen molar-refractivity contribution >= 4 is 5.97 Å². The van der Waals surface area contributed by atoms with E-state index < -0.39 is 24.7 Å². The van der Waals surface area contributed by atoms with Crippen LogP contribution in [0.5, 0.6) is 0 Å². The van der Waals surface area contributed by atoms with Gasteiger partial charge in [0.1, 0.15) is 12.3 Å². The monoisotopic (exact) mass is 323 g/mol. The van der Waals surface area contributed by atoms with E-state index in [4.69, 9.17) is 4.74 Å². The zero-order valence-corrected chi connectivity index (χ0v) is 12.5. The highest BCUT2D eigenvalue weighted by atomic mass is 19.2. The van der Waals surface area contributed by atoms with Gasteiger partial charge in [0.05, 0.1) is 5.56 Å². The van der Waals surface area contributed by atoms with Crippen LogP contribution in [-0.4, -0.2) is 23.3 Å². The van der Waals surface area contributed by atoms with E-state index in [0.717, 1.165) is 5.56 Å². The molecule has 3 atom stereocenters. The summed E-state index contributed by atoms with van der Waals surface area (Å²) in [6.07, 6.45) is -0.989. The summed E-state index contributed by atoms with van der Waals surface area (Å²) >= 11 is 0. The second kappa shape index (κ2) is 7.76. The van der Waals surface area contributed by atoms with Crippen molar-refractivity contribution in [1.82, 2.24) is 4.98 Å². The fourth-order valence-electron chi connectivity index (χ4n) is 1.57. The SMILES string of the molecule is Cc1ccc(C(F)OC(=O)c2cccnc2)cc1.FC1CC1F. The van der Waals surface area contributed by atoms with Crippen LogP contribution in [0.1, 0.15) is 34.3 Å². The molecule has 1 fully saturated rings. The molecule has 1 aromatic carbocycles. The quantitative estimate of drug-likeness (QED) is 0.791. The van der Waals surface area contributed by atoms with Gasteiger partial charge in [-0.2, -0.15) is 4.39 Å². The van der Waals surface area contributed by atoms with E-state index >= 15 is 0 Å². The molecule has 3 rings (SSSR count). The summed E-state index contributed by atoms with van der Waals surface area (Å²) in [6, 6.07) is 9.83. The molecule has 1 aliphatic carbocycles. The number of esters is 1. The lowest BCUT2D eigenvalue weighted by Crippen LogP contribution is -2.08. The first-order chi connectivity index (χ1) is 11.0. The molecular formula is C17H16F3NO2. The van der Waals surface area contributed by atoms with Crippen molar-refractivity contribution in [2.45, 2.75) is 32.0 Å². The van der Waals surface area contributed by atoms with E-state index in [1.807, 2.05) is 6.92 Å². The average Bonchev–Trinajstić information content (AvgIpc) is 3.21. The molecule has 3 unspecified atom stereocenters. The Morgan fingerprint density at radius 1 is 1.22 bits per heavy atom. The predicted octanol–water partition coefficient (Wildman–Crippen LogP) is 4.28. The van der Waals surface area contributed by atoms with Crippen LogP contribution in [-0.2, 0) is 4.74 Å². The first kappa shape index (κ1) is 17.0. The zero-order chi connectivity index (χ0) is 16.8. The van der Waals surface area contributed by atoms with Crippen LogP contribution < -0.4 is 0 Å². The van der Waals surface area contributed by atoms with Gasteiger partial charge in [0.15, 0.2) is 0 Å². The summed E-state index contributed by atoms with van der Waals surface area (Å²) in [6.45, 7) is 1.90. The van der Waals surface area contributed by atoms with Gasteiger partial charge in [0, 0.05) is 24.4 Å². The summed E-state index contributed by atoms with van der Waals surface area (Å²) in [7, 11) is 0. The number of hydrogen-bond acceptors (Lipinski definition) is 3. The van der Waals surface area contributed by atoms with Gasteiger partial charge in [-0.25, -0.2) is 13.6 Å². The molecule has 0 N–H and O–H groups in total. The third kappa shape index (κ3) is 5.39. The van der Waals surface area contributed by atoms with Crippen LogP contribution in [0.15, 0.2) is 48.8 Å². The molecule has 2 aromatic rings.